The van der Waals surface area contributed by atoms with Gasteiger partial charge in [0.1, 0.15) is 0 Å². The van der Waals surface area contributed by atoms with Gasteiger partial charge in [-0.15, -0.1) is 0 Å². The van der Waals surface area contributed by atoms with Crippen LogP contribution < -0.4 is 15.4 Å². The predicted octanol–water partition coefficient (Wildman–Crippen LogP) is 5.52. The number of fused-ring (bicyclic) bond motifs is 2. The van der Waals surface area contributed by atoms with E-state index in [1.807, 2.05) is 18.2 Å². The second-order valence-corrected chi connectivity index (χ2v) is 8.38. The van der Waals surface area contributed by atoms with Crippen LogP contribution in [0.25, 0.3) is 6.08 Å². The topological polar surface area (TPSA) is 67.4 Å². The molecule has 0 bridgehead atoms. The van der Waals surface area contributed by atoms with Gasteiger partial charge < -0.3 is 15.4 Å². The Kier molecular flexibility index (Phi) is 5.41. The summed E-state index contributed by atoms with van der Waals surface area (Å²) in [5.41, 5.74) is 4.16. The fourth-order valence-corrected chi connectivity index (χ4v) is 4.39. The molecule has 3 aromatic rings. The van der Waals surface area contributed by atoms with Crippen molar-refractivity contribution in [3.63, 3.8) is 0 Å². The van der Waals surface area contributed by atoms with Crippen LogP contribution in [-0.4, -0.2) is 11.8 Å². The standard InChI is InChI=1S/C26H21ClN2O3/c27-19-8-3-5-16(13-19)14-24-26(31)29-22-15-18(11-12-23(22)32-24)25(30)28-21-10-4-7-17-6-1-2-9-20(17)21/h1-3,5-6,8-9,11-15,21H,4,7,10H2,(H,28,30)(H,29,31)/b24-14-/t21-/m0/s1. The number of amides is 2. The van der Waals surface area contributed by atoms with Crippen molar-refractivity contribution in [1.82, 2.24) is 5.32 Å². The minimum atomic E-state index is -0.378. The Balaban J connectivity index is 1.35. The van der Waals surface area contributed by atoms with E-state index in [1.54, 1.807) is 42.5 Å². The molecule has 0 saturated heterocycles. The predicted molar refractivity (Wildman–Crippen MR) is 125 cm³/mol. The molecule has 0 saturated carbocycles. The van der Waals surface area contributed by atoms with Gasteiger partial charge in [0, 0.05) is 10.6 Å². The summed E-state index contributed by atoms with van der Waals surface area (Å²) in [5, 5.41) is 6.53. The molecule has 1 heterocycles. The number of rotatable bonds is 3. The molecule has 6 heteroatoms. The van der Waals surface area contributed by atoms with Crippen molar-refractivity contribution in [3.8, 4) is 5.75 Å². The van der Waals surface area contributed by atoms with Crippen molar-refractivity contribution in [2.24, 2.45) is 0 Å². The number of aryl methyl sites for hydroxylation is 1. The number of carbonyl (C=O) groups excluding carboxylic acids is 2. The smallest absolute Gasteiger partial charge is 0.291 e. The van der Waals surface area contributed by atoms with E-state index in [1.165, 1.54) is 11.1 Å². The van der Waals surface area contributed by atoms with Crippen molar-refractivity contribution in [2.45, 2.75) is 25.3 Å². The molecule has 0 spiro atoms. The van der Waals surface area contributed by atoms with E-state index >= 15 is 0 Å². The van der Waals surface area contributed by atoms with E-state index in [4.69, 9.17) is 16.3 Å². The van der Waals surface area contributed by atoms with Crippen LogP contribution in [-0.2, 0) is 11.2 Å². The minimum absolute atomic E-state index is 0.0124. The van der Waals surface area contributed by atoms with E-state index in [2.05, 4.69) is 22.8 Å². The highest BCUT2D eigenvalue weighted by atomic mass is 35.5. The molecule has 5 nitrogen and oxygen atoms in total. The molecule has 1 atom stereocenters. The minimum Gasteiger partial charge on any atom is -0.449 e. The Morgan fingerprint density at radius 1 is 1.09 bits per heavy atom. The van der Waals surface area contributed by atoms with Gasteiger partial charge in [-0.25, -0.2) is 0 Å². The summed E-state index contributed by atoms with van der Waals surface area (Å²) in [6.07, 6.45) is 4.62. The third kappa shape index (κ3) is 4.12. The van der Waals surface area contributed by atoms with E-state index < -0.39 is 0 Å². The molecule has 0 radical (unpaired) electrons. The first kappa shape index (κ1) is 20.3. The van der Waals surface area contributed by atoms with Crippen LogP contribution in [0.1, 0.15) is 45.9 Å². The van der Waals surface area contributed by atoms with Crippen molar-refractivity contribution in [2.75, 3.05) is 5.32 Å². The summed E-state index contributed by atoms with van der Waals surface area (Å²) in [4.78, 5) is 25.5. The number of benzene rings is 3. The normalized spacial score (nSPS) is 18.2. The molecular formula is C26H21ClN2O3. The molecule has 2 N–H and O–H groups in total. The lowest BCUT2D eigenvalue weighted by atomic mass is 9.87. The summed E-state index contributed by atoms with van der Waals surface area (Å²) in [6, 6.07) is 20.4. The summed E-state index contributed by atoms with van der Waals surface area (Å²) in [6.45, 7) is 0. The number of hydrogen-bond acceptors (Lipinski definition) is 3. The van der Waals surface area contributed by atoms with Gasteiger partial charge >= 0.3 is 0 Å². The van der Waals surface area contributed by atoms with E-state index in [0.29, 0.717) is 22.0 Å². The van der Waals surface area contributed by atoms with Crippen molar-refractivity contribution in [1.29, 1.82) is 0 Å². The molecule has 0 unspecified atom stereocenters. The Hall–Kier alpha value is -3.57. The van der Waals surface area contributed by atoms with E-state index in [9.17, 15) is 9.59 Å². The average molecular weight is 445 g/mol. The zero-order chi connectivity index (χ0) is 22.1. The average Bonchev–Trinajstić information content (AvgIpc) is 2.79. The summed E-state index contributed by atoms with van der Waals surface area (Å²) in [5.74, 6) is 0.0912. The number of ether oxygens (including phenoxy) is 1. The van der Waals surface area contributed by atoms with Gasteiger partial charge in [-0.05, 0) is 72.4 Å². The Labute approximate surface area is 191 Å². The first-order valence-electron chi connectivity index (χ1n) is 10.6. The molecule has 2 amide bonds. The van der Waals surface area contributed by atoms with Crippen LogP contribution in [0.2, 0.25) is 5.02 Å². The van der Waals surface area contributed by atoms with Crippen LogP contribution in [0.4, 0.5) is 5.69 Å². The van der Waals surface area contributed by atoms with Crippen LogP contribution in [0.5, 0.6) is 5.75 Å². The van der Waals surface area contributed by atoms with Crippen molar-refractivity contribution >= 4 is 35.2 Å². The van der Waals surface area contributed by atoms with Gasteiger partial charge in [0.05, 0.1) is 11.7 Å². The summed E-state index contributed by atoms with van der Waals surface area (Å²) < 4.78 is 5.79. The lowest BCUT2D eigenvalue weighted by Crippen LogP contribution is -2.31. The van der Waals surface area contributed by atoms with Gasteiger partial charge in [0.25, 0.3) is 11.8 Å². The highest BCUT2D eigenvalue weighted by Gasteiger charge is 2.25. The first-order valence-corrected chi connectivity index (χ1v) is 10.9. The van der Waals surface area contributed by atoms with Crippen LogP contribution in [0, 0.1) is 0 Å². The van der Waals surface area contributed by atoms with Crippen LogP contribution in [0.15, 0.2) is 72.5 Å². The molecular weight excluding hydrogens is 424 g/mol. The SMILES string of the molecule is O=C1Nc2cc(C(=O)N[C@H]3CCCc4ccccc43)ccc2O/C1=C\c1cccc(Cl)c1. The fourth-order valence-electron chi connectivity index (χ4n) is 4.19. The molecule has 0 aromatic heterocycles. The van der Waals surface area contributed by atoms with Gasteiger partial charge in [-0.1, -0.05) is 48.0 Å². The molecule has 5 rings (SSSR count). The maximum Gasteiger partial charge on any atom is 0.291 e. The third-order valence-corrected chi connectivity index (χ3v) is 5.99. The zero-order valence-corrected chi connectivity index (χ0v) is 18.0. The van der Waals surface area contributed by atoms with Gasteiger partial charge in [0.2, 0.25) is 0 Å². The monoisotopic (exact) mass is 444 g/mol. The first-order chi connectivity index (χ1) is 15.6. The van der Waals surface area contributed by atoms with E-state index in [-0.39, 0.29) is 23.6 Å². The molecule has 1 aliphatic carbocycles. The number of nitrogens with one attached hydrogen (secondary N) is 2. The Morgan fingerprint density at radius 3 is 2.84 bits per heavy atom. The number of hydrogen-bond donors (Lipinski definition) is 2. The van der Waals surface area contributed by atoms with Gasteiger partial charge in [-0.2, -0.15) is 0 Å². The third-order valence-electron chi connectivity index (χ3n) is 5.75. The lowest BCUT2D eigenvalue weighted by molar-refractivity contribution is -0.115. The highest BCUT2D eigenvalue weighted by Crippen LogP contribution is 2.34. The quantitative estimate of drug-likeness (QED) is 0.523. The zero-order valence-electron chi connectivity index (χ0n) is 17.2. The molecule has 1 aliphatic heterocycles. The van der Waals surface area contributed by atoms with Crippen molar-refractivity contribution < 1.29 is 14.3 Å². The molecule has 160 valence electrons. The Morgan fingerprint density at radius 2 is 1.97 bits per heavy atom. The highest BCUT2D eigenvalue weighted by molar-refractivity contribution is 6.30. The maximum atomic E-state index is 12.9. The number of carbonyl (C=O) groups is 2. The van der Waals surface area contributed by atoms with E-state index in [0.717, 1.165) is 24.8 Å². The van der Waals surface area contributed by atoms with Crippen LogP contribution >= 0.6 is 11.6 Å². The second-order valence-electron chi connectivity index (χ2n) is 7.95. The molecule has 32 heavy (non-hydrogen) atoms. The largest absolute Gasteiger partial charge is 0.449 e. The second kappa shape index (κ2) is 8.52. The molecule has 2 aliphatic rings. The van der Waals surface area contributed by atoms with Gasteiger partial charge in [-0.3, -0.25) is 9.59 Å². The molecule has 0 fully saturated rings. The Bertz CT molecular complexity index is 1250. The summed E-state index contributed by atoms with van der Waals surface area (Å²) >= 11 is 6.02. The lowest BCUT2D eigenvalue weighted by Gasteiger charge is -2.26. The summed E-state index contributed by atoms with van der Waals surface area (Å²) in [7, 11) is 0. The number of anilines is 1. The van der Waals surface area contributed by atoms with Crippen molar-refractivity contribution in [3.05, 3.63) is 99.8 Å². The van der Waals surface area contributed by atoms with Crippen LogP contribution in [0.3, 0.4) is 0 Å². The number of halogens is 1. The van der Waals surface area contributed by atoms with Gasteiger partial charge in [0.15, 0.2) is 11.5 Å². The maximum absolute atomic E-state index is 12.9. The fraction of sp³-hybridized carbons (Fsp3) is 0.154. The molecule has 3 aromatic carbocycles.